The van der Waals surface area contributed by atoms with Crippen molar-refractivity contribution < 1.29 is 17.9 Å². The van der Waals surface area contributed by atoms with Gasteiger partial charge in [0, 0.05) is 31.4 Å². The van der Waals surface area contributed by atoms with Crippen molar-refractivity contribution in [1.82, 2.24) is 14.1 Å². The van der Waals surface area contributed by atoms with Crippen molar-refractivity contribution >= 4 is 10.0 Å². The van der Waals surface area contributed by atoms with Crippen LogP contribution < -0.4 is 9.47 Å². The minimum absolute atomic E-state index is 0.180. The fraction of sp³-hybridized carbons (Fsp3) is 0.471. The molecule has 0 amide bonds. The Labute approximate surface area is 147 Å². The molecule has 0 bridgehead atoms. The summed E-state index contributed by atoms with van der Waals surface area (Å²) in [5, 5.41) is 4.20. The average molecular weight is 363 g/mol. The highest BCUT2D eigenvalue weighted by Gasteiger charge is 2.35. The van der Waals surface area contributed by atoms with Crippen molar-refractivity contribution in [3.63, 3.8) is 0 Å². The first-order valence-electron chi connectivity index (χ1n) is 8.46. The summed E-state index contributed by atoms with van der Waals surface area (Å²) in [5.74, 6) is 1.08. The molecule has 2 aliphatic rings. The molecule has 1 fully saturated rings. The molecule has 8 heteroatoms. The lowest BCUT2D eigenvalue weighted by molar-refractivity contribution is 0.171. The molecule has 25 heavy (non-hydrogen) atoms. The second kappa shape index (κ2) is 6.34. The second-order valence-corrected chi connectivity index (χ2v) is 8.27. The number of hydrogen-bond donors (Lipinski definition) is 0. The van der Waals surface area contributed by atoms with Crippen LogP contribution in [0.25, 0.3) is 0 Å². The summed E-state index contributed by atoms with van der Waals surface area (Å²) in [6.45, 7) is 1.42. The normalized spacial score (nSPS) is 21.2. The van der Waals surface area contributed by atoms with E-state index in [1.807, 2.05) is 13.2 Å². The molecular weight excluding hydrogens is 342 g/mol. The Morgan fingerprint density at radius 2 is 1.96 bits per heavy atom. The summed E-state index contributed by atoms with van der Waals surface area (Å²) in [4.78, 5) is 0.243. The molecule has 0 spiro atoms. The Balaban J connectivity index is 1.70. The summed E-state index contributed by atoms with van der Waals surface area (Å²) in [5.41, 5.74) is 0.934. The number of sulfonamides is 1. The van der Waals surface area contributed by atoms with Gasteiger partial charge in [0.15, 0.2) is 11.5 Å². The Hall–Kier alpha value is -2.06. The van der Waals surface area contributed by atoms with E-state index in [4.69, 9.17) is 9.47 Å². The molecule has 0 saturated carbocycles. The van der Waals surface area contributed by atoms with Crippen molar-refractivity contribution in [2.45, 2.75) is 30.2 Å². The van der Waals surface area contributed by atoms with Gasteiger partial charge in [-0.2, -0.15) is 9.40 Å². The van der Waals surface area contributed by atoms with Gasteiger partial charge in [0.1, 0.15) is 13.2 Å². The van der Waals surface area contributed by atoms with Crippen LogP contribution in [0.3, 0.4) is 0 Å². The summed E-state index contributed by atoms with van der Waals surface area (Å²) in [6, 6.07) is 4.65. The third-order valence-electron chi connectivity index (χ3n) is 4.68. The summed E-state index contributed by atoms with van der Waals surface area (Å²) in [7, 11) is -1.78. The van der Waals surface area contributed by atoms with Crippen LogP contribution in [0, 0.1) is 0 Å². The lowest BCUT2D eigenvalue weighted by Gasteiger charge is -2.34. The van der Waals surface area contributed by atoms with E-state index >= 15 is 0 Å². The van der Waals surface area contributed by atoms with Crippen molar-refractivity contribution in [2.24, 2.45) is 7.05 Å². The van der Waals surface area contributed by atoms with E-state index in [0.717, 1.165) is 24.8 Å². The second-order valence-electron chi connectivity index (χ2n) is 6.38. The van der Waals surface area contributed by atoms with Gasteiger partial charge in [0.05, 0.1) is 17.1 Å². The number of aryl methyl sites for hydroxylation is 1. The van der Waals surface area contributed by atoms with Gasteiger partial charge in [-0.15, -0.1) is 0 Å². The van der Waals surface area contributed by atoms with E-state index in [9.17, 15) is 8.42 Å². The van der Waals surface area contributed by atoms with Crippen LogP contribution in [0.1, 0.15) is 30.9 Å². The molecule has 1 saturated heterocycles. The zero-order valence-corrected chi connectivity index (χ0v) is 14.9. The Morgan fingerprint density at radius 1 is 1.16 bits per heavy atom. The molecule has 134 valence electrons. The minimum atomic E-state index is -3.62. The van der Waals surface area contributed by atoms with Crippen LogP contribution in [0.4, 0.5) is 0 Å². The summed E-state index contributed by atoms with van der Waals surface area (Å²) >= 11 is 0. The maximum Gasteiger partial charge on any atom is 0.243 e. The highest BCUT2D eigenvalue weighted by atomic mass is 32.2. The van der Waals surface area contributed by atoms with Crippen molar-refractivity contribution in [3.8, 4) is 11.5 Å². The highest BCUT2D eigenvalue weighted by molar-refractivity contribution is 7.89. The molecule has 4 rings (SSSR count). The maximum absolute atomic E-state index is 13.3. The largest absolute Gasteiger partial charge is 0.486 e. The quantitative estimate of drug-likeness (QED) is 0.835. The van der Waals surface area contributed by atoms with Crippen LogP contribution in [-0.2, 0) is 17.1 Å². The summed E-state index contributed by atoms with van der Waals surface area (Å²) in [6.07, 6.45) is 6.31. The summed E-state index contributed by atoms with van der Waals surface area (Å²) < 4.78 is 40.9. The Bertz CT molecular complexity index is 878. The zero-order chi connectivity index (χ0) is 17.4. The molecule has 2 aliphatic heterocycles. The molecule has 1 aromatic heterocycles. The van der Waals surface area contributed by atoms with Gasteiger partial charge >= 0.3 is 0 Å². The zero-order valence-electron chi connectivity index (χ0n) is 14.1. The van der Waals surface area contributed by atoms with E-state index in [1.165, 1.54) is 0 Å². The third kappa shape index (κ3) is 3.00. The SMILES string of the molecule is Cn1cc(C2CCCCN2S(=O)(=O)c2ccc3c(c2)OCCO3)cn1. The highest BCUT2D eigenvalue weighted by Crippen LogP contribution is 2.38. The number of hydrogen-bond acceptors (Lipinski definition) is 5. The number of benzene rings is 1. The van der Waals surface area contributed by atoms with Crippen LogP contribution >= 0.6 is 0 Å². The van der Waals surface area contributed by atoms with E-state index in [-0.39, 0.29) is 10.9 Å². The predicted octanol–water partition coefficient (Wildman–Crippen LogP) is 2.11. The first kappa shape index (κ1) is 16.4. The Morgan fingerprint density at radius 3 is 2.72 bits per heavy atom. The number of aromatic nitrogens is 2. The third-order valence-corrected chi connectivity index (χ3v) is 6.59. The molecular formula is C17H21N3O4S. The molecule has 0 radical (unpaired) electrons. The fourth-order valence-corrected chi connectivity index (χ4v) is 5.16. The topological polar surface area (TPSA) is 73.7 Å². The monoisotopic (exact) mass is 363 g/mol. The first-order chi connectivity index (χ1) is 12.1. The van der Waals surface area contributed by atoms with E-state index < -0.39 is 10.0 Å². The first-order valence-corrected chi connectivity index (χ1v) is 9.90. The van der Waals surface area contributed by atoms with Crippen LogP contribution in [0.5, 0.6) is 11.5 Å². The fourth-order valence-electron chi connectivity index (χ4n) is 3.46. The molecule has 1 aromatic carbocycles. The number of nitrogens with zero attached hydrogens (tertiary/aromatic N) is 3. The van der Waals surface area contributed by atoms with Gasteiger partial charge in [0.2, 0.25) is 10.0 Å². The average Bonchev–Trinajstić information content (AvgIpc) is 3.07. The van der Waals surface area contributed by atoms with Gasteiger partial charge in [-0.3, -0.25) is 4.68 Å². The predicted molar refractivity (Wildman–Crippen MR) is 91.1 cm³/mol. The standard InChI is InChI=1S/C17H21N3O4S/c1-19-12-13(11-18-19)15-4-2-3-7-20(15)25(21,22)14-5-6-16-17(10-14)24-9-8-23-16/h5-6,10-12,15H,2-4,7-9H2,1H3. The molecule has 1 atom stereocenters. The lowest BCUT2D eigenvalue weighted by Crippen LogP contribution is -2.38. The maximum atomic E-state index is 13.3. The number of fused-ring (bicyclic) bond motifs is 1. The number of ether oxygens (including phenoxy) is 2. The molecule has 1 unspecified atom stereocenters. The van der Waals surface area contributed by atoms with Gasteiger partial charge < -0.3 is 9.47 Å². The smallest absolute Gasteiger partial charge is 0.243 e. The van der Waals surface area contributed by atoms with Crippen molar-refractivity contribution in [1.29, 1.82) is 0 Å². The van der Waals surface area contributed by atoms with Gasteiger partial charge in [0.25, 0.3) is 0 Å². The Kier molecular flexibility index (Phi) is 4.16. The van der Waals surface area contributed by atoms with Gasteiger partial charge in [-0.05, 0) is 25.0 Å². The van der Waals surface area contributed by atoms with Crippen LogP contribution in [0.2, 0.25) is 0 Å². The van der Waals surface area contributed by atoms with E-state index in [1.54, 1.807) is 33.4 Å². The number of piperidine rings is 1. The van der Waals surface area contributed by atoms with Crippen molar-refractivity contribution in [2.75, 3.05) is 19.8 Å². The molecule has 3 heterocycles. The molecule has 7 nitrogen and oxygen atoms in total. The minimum Gasteiger partial charge on any atom is -0.486 e. The molecule has 2 aromatic rings. The van der Waals surface area contributed by atoms with E-state index in [2.05, 4.69) is 5.10 Å². The molecule has 0 aliphatic carbocycles. The van der Waals surface area contributed by atoms with Gasteiger partial charge in [-0.1, -0.05) is 6.42 Å². The number of rotatable bonds is 3. The molecule has 0 N–H and O–H groups in total. The van der Waals surface area contributed by atoms with Crippen LogP contribution in [0.15, 0.2) is 35.5 Å². The van der Waals surface area contributed by atoms with E-state index in [0.29, 0.717) is 31.3 Å². The van der Waals surface area contributed by atoms with Crippen molar-refractivity contribution in [3.05, 3.63) is 36.2 Å². The van der Waals surface area contributed by atoms with Crippen LogP contribution in [-0.4, -0.2) is 42.3 Å². The van der Waals surface area contributed by atoms with Gasteiger partial charge in [-0.25, -0.2) is 8.42 Å². The lowest BCUT2D eigenvalue weighted by atomic mass is 10.0.